The average Bonchev–Trinajstić information content (AvgIpc) is 2.50. The summed E-state index contributed by atoms with van der Waals surface area (Å²) >= 11 is 0. The monoisotopic (exact) mass is 312 g/mol. The van der Waals surface area contributed by atoms with Crippen LogP contribution < -0.4 is 0 Å². The highest BCUT2D eigenvalue weighted by Gasteiger charge is 2.11. The molecule has 0 atom stereocenters. The van der Waals surface area contributed by atoms with E-state index >= 15 is 0 Å². The van der Waals surface area contributed by atoms with Gasteiger partial charge >= 0.3 is 0 Å². The summed E-state index contributed by atoms with van der Waals surface area (Å²) in [6.07, 6.45) is 18.4. The average molecular weight is 313 g/mol. The van der Waals surface area contributed by atoms with Gasteiger partial charge in [-0.05, 0) is 17.8 Å². The van der Waals surface area contributed by atoms with E-state index in [1.54, 1.807) is 0 Å². The smallest absolute Gasteiger partial charge is 0.0357 e. The first-order chi connectivity index (χ1) is 10.4. The highest BCUT2D eigenvalue weighted by Crippen LogP contribution is 2.25. The van der Waals surface area contributed by atoms with Crippen molar-refractivity contribution in [2.75, 3.05) is 0 Å². The predicted molar refractivity (Wildman–Crippen MR) is 106 cm³/mol. The third-order valence-electron chi connectivity index (χ3n) is 4.98. The normalized spacial score (nSPS) is 15.4. The Balaban J connectivity index is 0. The van der Waals surface area contributed by atoms with E-state index in [2.05, 4.69) is 48.5 Å². The van der Waals surface area contributed by atoms with E-state index < -0.39 is 0 Å². The molecule has 1 rings (SSSR count). The molecule has 0 heteroatoms. The second-order valence-electron chi connectivity index (χ2n) is 8.07. The van der Waals surface area contributed by atoms with Crippen molar-refractivity contribution in [3.05, 3.63) is 0 Å². The van der Waals surface area contributed by atoms with Crippen LogP contribution in [0.1, 0.15) is 132 Å². The van der Waals surface area contributed by atoms with Crippen LogP contribution in [0.2, 0.25) is 0 Å². The standard InChI is InChI=1S/C8H18.C7H14.C7H16/c1-5-7-8(3,4)6-2;1-7-5-3-2-4-6-7;1-3-5-7-6-4-2/h5-7H2,1-4H3;7H,2-6H2,1H3;3-7H2,1-2H3. The van der Waals surface area contributed by atoms with Crippen molar-refractivity contribution in [3.8, 4) is 0 Å². The number of unbranched alkanes of at least 4 members (excludes halogenated alkanes) is 4. The fraction of sp³-hybridized carbons (Fsp3) is 1.00. The van der Waals surface area contributed by atoms with E-state index in [9.17, 15) is 0 Å². The van der Waals surface area contributed by atoms with Crippen LogP contribution >= 0.6 is 0 Å². The maximum absolute atomic E-state index is 2.36. The fourth-order valence-corrected chi connectivity index (χ4v) is 2.84. The lowest BCUT2D eigenvalue weighted by atomic mass is 9.86. The molecule has 0 nitrogen and oxygen atoms in total. The molecule has 0 amide bonds. The van der Waals surface area contributed by atoms with Gasteiger partial charge < -0.3 is 0 Å². The van der Waals surface area contributed by atoms with Crippen molar-refractivity contribution in [1.82, 2.24) is 0 Å². The molecule has 1 fully saturated rings. The lowest BCUT2D eigenvalue weighted by Crippen LogP contribution is -2.07. The summed E-state index contributed by atoms with van der Waals surface area (Å²) in [4.78, 5) is 0. The van der Waals surface area contributed by atoms with Gasteiger partial charge in [-0.3, -0.25) is 0 Å². The van der Waals surface area contributed by atoms with Crippen LogP contribution in [0, 0.1) is 11.3 Å². The topological polar surface area (TPSA) is 0 Å². The van der Waals surface area contributed by atoms with Crippen molar-refractivity contribution in [2.24, 2.45) is 11.3 Å². The van der Waals surface area contributed by atoms with Gasteiger partial charge in [0.05, 0.1) is 0 Å². The van der Waals surface area contributed by atoms with Gasteiger partial charge in [-0.1, -0.05) is 126 Å². The molecule has 0 bridgehead atoms. The molecular formula is C22H48. The van der Waals surface area contributed by atoms with E-state index in [-0.39, 0.29) is 0 Å². The van der Waals surface area contributed by atoms with Crippen LogP contribution in [0.25, 0.3) is 0 Å². The van der Waals surface area contributed by atoms with Crippen LogP contribution in [-0.4, -0.2) is 0 Å². The summed E-state index contributed by atoms with van der Waals surface area (Å²) in [6, 6.07) is 0. The molecule has 136 valence electrons. The Labute approximate surface area is 143 Å². The van der Waals surface area contributed by atoms with Crippen LogP contribution in [0.3, 0.4) is 0 Å². The van der Waals surface area contributed by atoms with Gasteiger partial charge in [0, 0.05) is 0 Å². The molecule has 22 heavy (non-hydrogen) atoms. The highest BCUT2D eigenvalue weighted by molar-refractivity contribution is 4.64. The van der Waals surface area contributed by atoms with E-state index in [1.807, 2.05) is 0 Å². The van der Waals surface area contributed by atoms with E-state index in [0.29, 0.717) is 5.41 Å². The third kappa shape index (κ3) is 20.0. The number of hydrogen-bond acceptors (Lipinski definition) is 0. The highest BCUT2D eigenvalue weighted by atomic mass is 14.2. The van der Waals surface area contributed by atoms with Crippen LogP contribution in [0.5, 0.6) is 0 Å². The fourth-order valence-electron chi connectivity index (χ4n) is 2.84. The molecule has 0 N–H and O–H groups in total. The lowest BCUT2D eigenvalue weighted by Gasteiger charge is -2.20. The molecular weight excluding hydrogens is 264 g/mol. The first kappa shape index (κ1) is 24.3. The lowest BCUT2D eigenvalue weighted by molar-refractivity contribution is 0.319. The van der Waals surface area contributed by atoms with Crippen LogP contribution in [-0.2, 0) is 0 Å². The molecule has 0 aromatic carbocycles. The van der Waals surface area contributed by atoms with Gasteiger partial charge in [0.2, 0.25) is 0 Å². The Morgan fingerprint density at radius 1 is 0.727 bits per heavy atom. The summed E-state index contributed by atoms with van der Waals surface area (Å²) in [5.74, 6) is 1.04. The molecule has 0 heterocycles. The minimum atomic E-state index is 0.592. The summed E-state index contributed by atoms with van der Waals surface area (Å²) < 4.78 is 0. The second-order valence-corrected chi connectivity index (χ2v) is 8.07. The molecule has 0 unspecified atom stereocenters. The molecule has 1 aliphatic rings. The van der Waals surface area contributed by atoms with Crippen molar-refractivity contribution < 1.29 is 0 Å². The zero-order valence-electron chi connectivity index (χ0n) is 17.3. The van der Waals surface area contributed by atoms with Crippen molar-refractivity contribution >= 4 is 0 Å². The van der Waals surface area contributed by atoms with Crippen LogP contribution in [0.15, 0.2) is 0 Å². The molecule has 0 spiro atoms. The Morgan fingerprint density at radius 3 is 1.45 bits per heavy atom. The molecule has 1 aliphatic carbocycles. The van der Waals surface area contributed by atoms with Crippen molar-refractivity contribution in [3.63, 3.8) is 0 Å². The molecule has 1 saturated carbocycles. The SMILES string of the molecule is CC1CCCCC1.CCCC(C)(C)CC.CCCCCCC. The molecule has 0 radical (unpaired) electrons. The van der Waals surface area contributed by atoms with Gasteiger partial charge in [0.25, 0.3) is 0 Å². The summed E-state index contributed by atoms with van der Waals surface area (Å²) in [5, 5.41) is 0. The van der Waals surface area contributed by atoms with E-state index in [0.717, 1.165) is 5.92 Å². The molecule has 0 aromatic rings. The molecule has 0 saturated heterocycles. The van der Waals surface area contributed by atoms with Gasteiger partial charge in [-0.15, -0.1) is 0 Å². The Kier molecular flexibility index (Phi) is 19.1. The largest absolute Gasteiger partial charge is 0.0654 e. The maximum Gasteiger partial charge on any atom is -0.0357 e. The Hall–Kier alpha value is 0. The minimum Gasteiger partial charge on any atom is -0.0654 e. The van der Waals surface area contributed by atoms with Gasteiger partial charge in [0.1, 0.15) is 0 Å². The quantitative estimate of drug-likeness (QED) is 0.412. The number of rotatable bonds is 7. The van der Waals surface area contributed by atoms with Crippen molar-refractivity contribution in [2.45, 2.75) is 132 Å². The van der Waals surface area contributed by atoms with Gasteiger partial charge in [-0.25, -0.2) is 0 Å². The van der Waals surface area contributed by atoms with Gasteiger partial charge in [-0.2, -0.15) is 0 Å². The predicted octanol–water partition coefficient (Wildman–Crippen LogP) is 8.79. The third-order valence-corrected chi connectivity index (χ3v) is 4.98. The van der Waals surface area contributed by atoms with Gasteiger partial charge in [0.15, 0.2) is 0 Å². The molecule has 0 aromatic heterocycles. The zero-order valence-corrected chi connectivity index (χ0v) is 17.3. The first-order valence-electron chi connectivity index (χ1n) is 10.4. The van der Waals surface area contributed by atoms with E-state index in [4.69, 9.17) is 0 Å². The summed E-state index contributed by atoms with van der Waals surface area (Å²) in [7, 11) is 0. The second kappa shape index (κ2) is 17.4. The zero-order chi connectivity index (χ0) is 17.3. The van der Waals surface area contributed by atoms with Crippen molar-refractivity contribution in [1.29, 1.82) is 0 Å². The Bertz CT molecular complexity index is 182. The van der Waals surface area contributed by atoms with E-state index in [1.165, 1.54) is 83.5 Å². The first-order valence-corrected chi connectivity index (χ1v) is 10.4. The summed E-state index contributed by atoms with van der Waals surface area (Å²) in [5.41, 5.74) is 0.592. The van der Waals surface area contributed by atoms with Crippen LogP contribution in [0.4, 0.5) is 0 Å². The Morgan fingerprint density at radius 2 is 1.23 bits per heavy atom. The molecule has 0 aliphatic heterocycles. The maximum atomic E-state index is 2.36. The number of hydrogen-bond donors (Lipinski definition) is 0. The minimum absolute atomic E-state index is 0.592. The summed E-state index contributed by atoms with van der Waals surface area (Å²) in [6.45, 7) is 16.0.